The topological polar surface area (TPSA) is 12.0 Å². The van der Waals surface area contributed by atoms with Gasteiger partial charge in [0.2, 0.25) is 0 Å². The summed E-state index contributed by atoms with van der Waals surface area (Å²) in [6, 6.07) is 5.70. The molecule has 0 fully saturated rings. The number of rotatable bonds is 3. The molecule has 1 heterocycles. The summed E-state index contributed by atoms with van der Waals surface area (Å²) < 4.78 is 27.5. The zero-order valence-corrected chi connectivity index (χ0v) is 12.3. The van der Waals surface area contributed by atoms with Crippen LogP contribution in [0.15, 0.2) is 24.3 Å². The van der Waals surface area contributed by atoms with Gasteiger partial charge in [-0.05, 0) is 49.1 Å². The van der Waals surface area contributed by atoms with Crippen LogP contribution in [0.3, 0.4) is 0 Å². The first-order valence-electron chi connectivity index (χ1n) is 6.59. The van der Waals surface area contributed by atoms with E-state index in [2.05, 4.69) is 5.32 Å². The fourth-order valence-corrected chi connectivity index (χ4v) is 4.03. The van der Waals surface area contributed by atoms with Gasteiger partial charge in [0.1, 0.15) is 11.6 Å². The second kappa shape index (κ2) is 5.80. The lowest BCUT2D eigenvalue weighted by molar-refractivity contribution is 0.455. The number of thiophene rings is 1. The van der Waals surface area contributed by atoms with Gasteiger partial charge >= 0.3 is 0 Å². The fraction of sp³-hybridized carbons (Fsp3) is 0.333. The van der Waals surface area contributed by atoms with E-state index in [1.165, 1.54) is 22.6 Å². The third kappa shape index (κ3) is 2.87. The van der Waals surface area contributed by atoms with Gasteiger partial charge in [0.25, 0.3) is 0 Å². The number of aryl methyl sites for hydroxylation is 1. The summed E-state index contributed by atoms with van der Waals surface area (Å²) in [6.45, 7) is 0.321. The van der Waals surface area contributed by atoms with Gasteiger partial charge in [-0.2, -0.15) is 0 Å². The summed E-state index contributed by atoms with van der Waals surface area (Å²) in [5.41, 5.74) is 1.57. The molecule has 1 N–H and O–H groups in total. The fourth-order valence-electron chi connectivity index (χ4n) is 2.65. The zero-order chi connectivity index (χ0) is 14.1. The first-order valence-corrected chi connectivity index (χ1v) is 7.78. The number of fused-ring (bicyclic) bond motifs is 1. The van der Waals surface area contributed by atoms with Crippen molar-refractivity contribution < 1.29 is 8.78 Å². The van der Waals surface area contributed by atoms with Gasteiger partial charge < -0.3 is 5.32 Å². The Bertz CT molecular complexity index is 626. The number of nitrogens with one attached hydrogen (secondary N) is 1. The summed E-state index contributed by atoms with van der Waals surface area (Å²) in [7, 11) is 0. The Morgan fingerprint density at radius 2 is 2.15 bits per heavy atom. The highest BCUT2D eigenvalue weighted by molar-refractivity contribution is 7.16. The van der Waals surface area contributed by atoms with Crippen molar-refractivity contribution in [3.8, 4) is 0 Å². The quantitative estimate of drug-likeness (QED) is 0.854. The van der Waals surface area contributed by atoms with Gasteiger partial charge in [-0.3, -0.25) is 0 Å². The van der Waals surface area contributed by atoms with Crippen LogP contribution in [0.5, 0.6) is 0 Å². The summed E-state index contributed by atoms with van der Waals surface area (Å²) in [6.07, 6.45) is 3.14. The van der Waals surface area contributed by atoms with Crippen molar-refractivity contribution in [3.05, 3.63) is 56.2 Å². The average Bonchev–Trinajstić information content (AvgIpc) is 2.80. The minimum absolute atomic E-state index is 0.171. The molecule has 1 aliphatic carbocycles. The van der Waals surface area contributed by atoms with Crippen molar-refractivity contribution >= 4 is 22.9 Å². The molecule has 0 saturated carbocycles. The molecule has 0 radical (unpaired) electrons. The van der Waals surface area contributed by atoms with E-state index in [0.717, 1.165) is 29.7 Å². The van der Waals surface area contributed by atoms with Crippen molar-refractivity contribution in [1.82, 2.24) is 5.32 Å². The lowest BCUT2D eigenvalue weighted by atomic mass is 9.94. The summed E-state index contributed by atoms with van der Waals surface area (Å²) in [5, 5.41) is 3.32. The standard InChI is InChI=1S/C15H14ClF2NS/c16-15-7-11-13(2-1-3-14(11)20-15)19-8-9-6-10(17)4-5-12(9)18/h4-7,13,19H,1-3,8H2. The molecule has 1 aromatic heterocycles. The van der Waals surface area contributed by atoms with Crippen LogP contribution in [-0.2, 0) is 13.0 Å². The highest BCUT2D eigenvalue weighted by atomic mass is 35.5. The van der Waals surface area contributed by atoms with E-state index in [1.54, 1.807) is 11.3 Å². The van der Waals surface area contributed by atoms with Crippen LogP contribution in [0.25, 0.3) is 0 Å². The molecule has 5 heteroatoms. The first-order chi connectivity index (χ1) is 9.63. The minimum atomic E-state index is -0.411. The molecule has 0 amide bonds. The van der Waals surface area contributed by atoms with Gasteiger partial charge in [0.15, 0.2) is 0 Å². The van der Waals surface area contributed by atoms with E-state index in [1.807, 2.05) is 6.07 Å². The molecule has 2 aromatic rings. The Morgan fingerprint density at radius 1 is 1.30 bits per heavy atom. The molecule has 20 heavy (non-hydrogen) atoms. The molecule has 1 unspecified atom stereocenters. The molecule has 0 bridgehead atoms. The molecule has 0 spiro atoms. The number of hydrogen-bond acceptors (Lipinski definition) is 2. The monoisotopic (exact) mass is 313 g/mol. The number of halogens is 3. The van der Waals surface area contributed by atoms with Crippen LogP contribution in [0.1, 0.15) is 34.9 Å². The lowest BCUT2D eigenvalue weighted by Crippen LogP contribution is -2.24. The molecule has 0 aliphatic heterocycles. The normalized spacial score (nSPS) is 18.1. The van der Waals surface area contributed by atoms with Crippen molar-refractivity contribution in [2.45, 2.75) is 31.8 Å². The Balaban J connectivity index is 1.74. The molecule has 1 aromatic carbocycles. The van der Waals surface area contributed by atoms with Gasteiger partial charge in [-0.25, -0.2) is 8.78 Å². The van der Waals surface area contributed by atoms with Crippen LogP contribution in [-0.4, -0.2) is 0 Å². The van der Waals surface area contributed by atoms with Crippen LogP contribution in [0.2, 0.25) is 4.34 Å². The molecule has 1 aliphatic rings. The summed E-state index contributed by atoms with van der Waals surface area (Å²) in [5.74, 6) is -0.788. The van der Waals surface area contributed by atoms with Crippen molar-refractivity contribution in [1.29, 1.82) is 0 Å². The first kappa shape index (κ1) is 14.0. The van der Waals surface area contributed by atoms with E-state index in [0.29, 0.717) is 12.1 Å². The predicted octanol–water partition coefficient (Wildman–Crippen LogP) is 4.85. The number of benzene rings is 1. The van der Waals surface area contributed by atoms with Crippen LogP contribution in [0.4, 0.5) is 8.78 Å². The van der Waals surface area contributed by atoms with Gasteiger partial charge in [0, 0.05) is 23.0 Å². The Labute approximate surface area is 125 Å². The highest BCUT2D eigenvalue weighted by Crippen LogP contribution is 2.37. The second-order valence-electron chi connectivity index (χ2n) is 4.99. The Kier molecular flexibility index (Phi) is 4.06. The van der Waals surface area contributed by atoms with Crippen molar-refractivity contribution in [2.24, 2.45) is 0 Å². The Morgan fingerprint density at radius 3 is 3.00 bits per heavy atom. The highest BCUT2D eigenvalue weighted by Gasteiger charge is 2.22. The van der Waals surface area contributed by atoms with E-state index in [-0.39, 0.29) is 11.9 Å². The molecule has 106 valence electrons. The zero-order valence-electron chi connectivity index (χ0n) is 10.8. The molecule has 1 atom stereocenters. The van der Waals surface area contributed by atoms with Crippen LogP contribution >= 0.6 is 22.9 Å². The number of hydrogen-bond donors (Lipinski definition) is 1. The smallest absolute Gasteiger partial charge is 0.127 e. The van der Waals surface area contributed by atoms with E-state index < -0.39 is 5.82 Å². The van der Waals surface area contributed by atoms with Crippen molar-refractivity contribution in [2.75, 3.05) is 0 Å². The second-order valence-corrected chi connectivity index (χ2v) is 6.76. The molecular weight excluding hydrogens is 300 g/mol. The maximum absolute atomic E-state index is 13.6. The van der Waals surface area contributed by atoms with E-state index >= 15 is 0 Å². The Hall–Kier alpha value is -0.970. The van der Waals surface area contributed by atoms with Crippen LogP contribution in [0, 0.1) is 11.6 Å². The van der Waals surface area contributed by atoms with Gasteiger partial charge in [-0.1, -0.05) is 11.6 Å². The molecule has 0 saturated heterocycles. The molecule has 3 rings (SSSR count). The maximum atomic E-state index is 13.6. The molecular formula is C15H14ClF2NS. The average molecular weight is 314 g/mol. The van der Waals surface area contributed by atoms with Gasteiger partial charge in [0.05, 0.1) is 4.34 Å². The third-order valence-corrected chi connectivity index (χ3v) is 4.97. The summed E-state index contributed by atoms with van der Waals surface area (Å²) >= 11 is 7.67. The summed E-state index contributed by atoms with van der Waals surface area (Å²) in [4.78, 5) is 1.30. The largest absolute Gasteiger partial charge is 0.306 e. The third-order valence-electron chi connectivity index (χ3n) is 3.63. The minimum Gasteiger partial charge on any atom is -0.306 e. The maximum Gasteiger partial charge on any atom is 0.127 e. The SMILES string of the molecule is Fc1ccc(F)c(CNC2CCCc3sc(Cl)cc32)c1. The lowest BCUT2D eigenvalue weighted by Gasteiger charge is -2.23. The van der Waals surface area contributed by atoms with E-state index in [9.17, 15) is 8.78 Å². The van der Waals surface area contributed by atoms with E-state index in [4.69, 9.17) is 11.6 Å². The molecule has 1 nitrogen and oxygen atoms in total. The van der Waals surface area contributed by atoms with Crippen molar-refractivity contribution in [3.63, 3.8) is 0 Å². The predicted molar refractivity (Wildman–Crippen MR) is 78.2 cm³/mol. The van der Waals surface area contributed by atoms with Crippen LogP contribution < -0.4 is 5.32 Å². The van der Waals surface area contributed by atoms with Gasteiger partial charge in [-0.15, -0.1) is 11.3 Å².